The summed E-state index contributed by atoms with van der Waals surface area (Å²) >= 11 is 1.26. The van der Waals surface area contributed by atoms with Crippen LogP contribution in [-0.4, -0.2) is 42.3 Å². The first-order valence-electron chi connectivity index (χ1n) is 11.2. The van der Waals surface area contributed by atoms with Crippen LogP contribution in [0, 0.1) is 0 Å². The normalized spacial score (nSPS) is 12.0. The van der Waals surface area contributed by atoms with Crippen LogP contribution >= 0.6 is 11.8 Å². The zero-order valence-electron chi connectivity index (χ0n) is 19.6. The number of thioether (sulfide) groups is 1. The number of rotatable bonds is 10. The summed E-state index contributed by atoms with van der Waals surface area (Å²) in [6.07, 6.45) is 3.06. The largest absolute Gasteiger partial charge is 0.508 e. The van der Waals surface area contributed by atoms with Crippen LogP contribution in [0.25, 0.3) is 10.8 Å². The van der Waals surface area contributed by atoms with Crippen LogP contribution in [0.3, 0.4) is 0 Å². The maximum absolute atomic E-state index is 12.5. The fourth-order valence-corrected chi connectivity index (χ4v) is 4.38. The number of hydrogen-bond donors (Lipinski definition) is 4. The first-order valence-corrected chi connectivity index (χ1v) is 12.1. The van der Waals surface area contributed by atoms with E-state index in [0.29, 0.717) is 23.8 Å². The standard InChI is InChI=1S/C26H26N6O3S/c1-3-13-32-24(16-27-22-10-6-8-18-7-4-5-9-21(18)22)29-31-26(32)36-17(2)25(35)30-28-15-19-11-12-20(33)14-23(19)34/h3-12,14-15,17,27,33-34H,1,13,16H2,2H3,(H,30,35)/b28-15-/t17-/m1/s1. The summed E-state index contributed by atoms with van der Waals surface area (Å²) < 4.78 is 1.91. The van der Waals surface area contributed by atoms with Crippen molar-refractivity contribution in [3.63, 3.8) is 0 Å². The molecule has 0 aliphatic heterocycles. The Morgan fingerprint density at radius 1 is 1.17 bits per heavy atom. The fraction of sp³-hybridized carbons (Fsp3) is 0.154. The van der Waals surface area contributed by atoms with E-state index in [1.54, 1.807) is 13.0 Å². The van der Waals surface area contributed by atoms with Crippen LogP contribution in [0.15, 0.2) is 83.6 Å². The summed E-state index contributed by atoms with van der Waals surface area (Å²) in [5, 5.41) is 37.5. The molecule has 0 saturated heterocycles. The van der Waals surface area contributed by atoms with Gasteiger partial charge in [0, 0.05) is 29.2 Å². The molecule has 1 aromatic heterocycles. The number of fused-ring (bicyclic) bond motifs is 1. The number of nitrogens with zero attached hydrogens (tertiary/aromatic N) is 4. The van der Waals surface area contributed by atoms with Gasteiger partial charge in [0.15, 0.2) is 11.0 Å². The average molecular weight is 503 g/mol. The second-order valence-electron chi connectivity index (χ2n) is 7.92. The van der Waals surface area contributed by atoms with Gasteiger partial charge >= 0.3 is 0 Å². The molecule has 0 aliphatic carbocycles. The molecule has 4 N–H and O–H groups in total. The molecule has 0 radical (unpaired) electrons. The number of amides is 1. The molecule has 0 fully saturated rings. The SMILES string of the molecule is C=CCn1c(CNc2cccc3ccccc23)nnc1S[C@H](C)C(=O)N/N=C\c1ccc(O)cc1O. The Morgan fingerprint density at radius 3 is 2.78 bits per heavy atom. The summed E-state index contributed by atoms with van der Waals surface area (Å²) in [6, 6.07) is 18.4. The molecule has 0 unspecified atom stereocenters. The first kappa shape index (κ1) is 24.8. The van der Waals surface area contributed by atoms with Crippen molar-refractivity contribution in [2.75, 3.05) is 5.32 Å². The number of phenols is 2. The second-order valence-corrected chi connectivity index (χ2v) is 9.22. The molecule has 0 aliphatic rings. The Balaban J connectivity index is 1.41. The van der Waals surface area contributed by atoms with Crippen molar-refractivity contribution in [3.8, 4) is 11.5 Å². The van der Waals surface area contributed by atoms with Gasteiger partial charge in [-0.25, -0.2) is 5.43 Å². The fourth-order valence-electron chi connectivity index (χ4n) is 3.51. The van der Waals surface area contributed by atoms with Gasteiger partial charge in [-0.15, -0.1) is 16.8 Å². The van der Waals surface area contributed by atoms with Crippen LogP contribution in [0.4, 0.5) is 5.69 Å². The van der Waals surface area contributed by atoms with E-state index in [9.17, 15) is 15.0 Å². The lowest BCUT2D eigenvalue weighted by Crippen LogP contribution is -2.27. The molecule has 0 spiro atoms. The topological polar surface area (TPSA) is 125 Å². The second kappa shape index (κ2) is 11.4. The minimum Gasteiger partial charge on any atom is -0.508 e. The van der Waals surface area contributed by atoms with Crippen molar-refractivity contribution < 1.29 is 15.0 Å². The summed E-state index contributed by atoms with van der Waals surface area (Å²) in [7, 11) is 0. The van der Waals surface area contributed by atoms with Gasteiger partial charge < -0.3 is 20.1 Å². The number of aromatic hydroxyl groups is 2. The number of hydrogen-bond acceptors (Lipinski definition) is 8. The number of carbonyl (C=O) groups is 1. The number of benzene rings is 3. The number of carbonyl (C=O) groups excluding carboxylic acids is 1. The number of aromatic nitrogens is 3. The van der Waals surface area contributed by atoms with E-state index in [2.05, 4.69) is 50.8 Å². The highest BCUT2D eigenvalue weighted by atomic mass is 32.2. The zero-order chi connectivity index (χ0) is 25.5. The van der Waals surface area contributed by atoms with Gasteiger partial charge in [0.1, 0.15) is 11.5 Å². The van der Waals surface area contributed by atoms with Gasteiger partial charge in [-0.05, 0) is 30.5 Å². The number of hydrazone groups is 1. The van der Waals surface area contributed by atoms with E-state index >= 15 is 0 Å². The Hall–Kier alpha value is -4.31. The summed E-state index contributed by atoms with van der Waals surface area (Å²) in [5.41, 5.74) is 3.83. The van der Waals surface area contributed by atoms with Gasteiger partial charge in [-0.1, -0.05) is 54.2 Å². The molecule has 1 heterocycles. The molecule has 1 amide bonds. The van der Waals surface area contributed by atoms with Crippen molar-refractivity contribution in [3.05, 3.63) is 84.7 Å². The Kier molecular flexibility index (Phi) is 7.86. The molecule has 4 aromatic rings. The third kappa shape index (κ3) is 5.84. The summed E-state index contributed by atoms with van der Waals surface area (Å²) in [6.45, 7) is 6.53. The minimum absolute atomic E-state index is 0.0611. The van der Waals surface area contributed by atoms with Gasteiger partial charge in [0.05, 0.1) is 18.0 Å². The molecule has 10 heteroatoms. The van der Waals surface area contributed by atoms with E-state index in [0.717, 1.165) is 22.3 Å². The highest BCUT2D eigenvalue weighted by Crippen LogP contribution is 2.26. The lowest BCUT2D eigenvalue weighted by atomic mass is 10.1. The van der Waals surface area contributed by atoms with Gasteiger partial charge in [-0.2, -0.15) is 5.10 Å². The molecule has 36 heavy (non-hydrogen) atoms. The van der Waals surface area contributed by atoms with Crippen LogP contribution in [0.5, 0.6) is 11.5 Å². The Morgan fingerprint density at radius 2 is 1.97 bits per heavy atom. The molecular formula is C26H26N6O3S. The van der Waals surface area contributed by atoms with Crippen LogP contribution in [0.1, 0.15) is 18.3 Å². The van der Waals surface area contributed by atoms with Crippen LogP contribution in [-0.2, 0) is 17.9 Å². The number of phenolic OH excluding ortho intramolecular Hbond substituents is 2. The molecular weight excluding hydrogens is 476 g/mol. The van der Waals surface area contributed by atoms with E-state index in [4.69, 9.17) is 0 Å². The van der Waals surface area contributed by atoms with Gasteiger partial charge in [0.2, 0.25) is 0 Å². The molecule has 0 bridgehead atoms. The highest BCUT2D eigenvalue weighted by Gasteiger charge is 2.20. The predicted octanol–water partition coefficient (Wildman–Crippen LogP) is 4.27. The third-order valence-corrected chi connectivity index (χ3v) is 6.46. The molecule has 4 rings (SSSR count). The van der Waals surface area contributed by atoms with E-state index in [1.807, 2.05) is 28.8 Å². The average Bonchev–Trinajstić information content (AvgIpc) is 3.25. The Labute approximate surface area is 212 Å². The maximum Gasteiger partial charge on any atom is 0.253 e. The molecule has 0 saturated carbocycles. The van der Waals surface area contributed by atoms with Crippen LogP contribution in [0.2, 0.25) is 0 Å². The van der Waals surface area contributed by atoms with Gasteiger partial charge in [-0.3, -0.25) is 4.79 Å². The predicted molar refractivity (Wildman–Crippen MR) is 142 cm³/mol. The van der Waals surface area contributed by atoms with E-state index in [-0.39, 0.29) is 17.4 Å². The smallest absolute Gasteiger partial charge is 0.253 e. The lowest BCUT2D eigenvalue weighted by Gasteiger charge is -2.13. The molecule has 1 atom stereocenters. The van der Waals surface area contributed by atoms with E-state index in [1.165, 1.54) is 36.2 Å². The zero-order valence-corrected chi connectivity index (χ0v) is 20.4. The van der Waals surface area contributed by atoms with Crippen molar-refractivity contribution in [1.29, 1.82) is 0 Å². The first-order chi connectivity index (χ1) is 17.5. The van der Waals surface area contributed by atoms with Crippen molar-refractivity contribution in [2.24, 2.45) is 5.10 Å². The van der Waals surface area contributed by atoms with Gasteiger partial charge in [0.25, 0.3) is 5.91 Å². The number of anilines is 1. The van der Waals surface area contributed by atoms with Crippen molar-refractivity contribution in [1.82, 2.24) is 20.2 Å². The quantitative estimate of drug-likeness (QED) is 0.110. The lowest BCUT2D eigenvalue weighted by molar-refractivity contribution is -0.120. The highest BCUT2D eigenvalue weighted by molar-refractivity contribution is 8.00. The molecule has 184 valence electrons. The number of allylic oxidation sites excluding steroid dienone is 1. The minimum atomic E-state index is -0.512. The van der Waals surface area contributed by atoms with E-state index < -0.39 is 5.25 Å². The summed E-state index contributed by atoms with van der Waals surface area (Å²) in [4.78, 5) is 12.5. The third-order valence-electron chi connectivity index (χ3n) is 5.38. The Bertz CT molecular complexity index is 1410. The molecule has 3 aromatic carbocycles. The monoisotopic (exact) mass is 502 g/mol. The van der Waals surface area contributed by atoms with Crippen LogP contribution < -0.4 is 10.7 Å². The summed E-state index contributed by atoms with van der Waals surface area (Å²) in [5.74, 6) is 0.184. The van der Waals surface area contributed by atoms with Crippen molar-refractivity contribution >= 4 is 40.3 Å². The number of nitrogens with one attached hydrogen (secondary N) is 2. The maximum atomic E-state index is 12.5. The molecule has 9 nitrogen and oxygen atoms in total. The van der Waals surface area contributed by atoms with Crippen molar-refractivity contribution in [2.45, 2.75) is 30.4 Å².